The van der Waals surface area contributed by atoms with E-state index in [1.54, 1.807) is 12.1 Å². The molecule has 18 heavy (non-hydrogen) atoms. The van der Waals surface area contributed by atoms with E-state index in [9.17, 15) is 9.65 Å². The molecule has 0 saturated heterocycles. The van der Waals surface area contributed by atoms with E-state index in [2.05, 4.69) is 6.07 Å². The molecule has 0 spiro atoms. The summed E-state index contributed by atoms with van der Waals surface area (Å²) in [5, 5.41) is 9.87. The van der Waals surface area contributed by atoms with Gasteiger partial charge in [0.15, 0.2) is 0 Å². The van der Waals surface area contributed by atoms with Crippen LogP contribution in [0.25, 0.3) is 11.1 Å². The SMILES string of the molecule is N#CC1Cc2cc(Cl)ccc2-c2cc(F)ccc21. The van der Waals surface area contributed by atoms with Gasteiger partial charge < -0.3 is 0 Å². The summed E-state index contributed by atoms with van der Waals surface area (Å²) in [6.07, 6.45) is 0.630. The monoisotopic (exact) mass is 257 g/mol. The van der Waals surface area contributed by atoms with Gasteiger partial charge in [-0.05, 0) is 52.9 Å². The Balaban J connectivity index is 2.29. The molecular formula is C15H9ClFN. The maximum atomic E-state index is 13.4. The number of hydrogen-bond acceptors (Lipinski definition) is 1. The van der Waals surface area contributed by atoms with Crippen molar-refractivity contribution in [1.29, 1.82) is 5.26 Å². The molecule has 1 atom stereocenters. The van der Waals surface area contributed by atoms with Crippen LogP contribution < -0.4 is 0 Å². The summed E-state index contributed by atoms with van der Waals surface area (Å²) in [5.41, 5.74) is 3.68. The van der Waals surface area contributed by atoms with Gasteiger partial charge in [-0.3, -0.25) is 0 Å². The normalized spacial score (nSPS) is 16.6. The number of benzene rings is 2. The van der Waals surface area contributed by atoms with Gasteiger partial charge in [-0.25, -0.2) is 4.39 Å². The first-order chi connectivity index (χ1) is 8.69. The molecule has 0 fully saturated rings. The predicted molar refractivity (Wildman–Crippen MR) is 68.9 cm³/mol. The van der Waals surface area contributed by atoms with Crippen molar-refractivity contribution >= 4 is 11.6 Å². The fourth-order valence-corrected chi connectivity index (χ4v) is 2.70. The third-order valence-electron chi connectivity index (χ3n) is 3.33. The van der Waals surface area contributed by atoms with E-state index in [0.717, 1.165) is 22.3 Å². The number of fused-ring (bicyclic) bond motifs is 3. The number of rotatable bonds is 0. The fraction of sp³-hybridized carbons (Fsp3) is 0.133. The number of hydrogen-bond donors (Lipinski definition) is 0. The van der Waals surface area contributed by atoms with Gasteiger partial charge in [0.1, 0.15) is 5.82 Å². The first-order valence-corrected chi connectivity index (χ1v) is 6.04. The molecule has 1 unspecified atom stereocenters. The Bertz CT molecular complexity index is 673. The summed E-state index contributed by atoms with van der Waals surface area (Å²) in [6, 6.07) is 12.4. The lowest BCUT2D eigenvalue weighted by Gasteiger charge is -2.23. The van der Waals surface area contributed by atoms with E-state index >= 15 is 0 Å². The summed E-state index contributed by atoms with van der Waals surface area (Å²) in [7, 11) is 0. The fourth-order valence-electron chi connectivity index (χ4n) is 2.50. The van der Waals surface area contributed by atoms with Crippen molar-refractivity contribution < 1.29 is 4.39 Å². The molecule has 1 aliphatic carbocycles. The van der Waals surface area contributed by atoms with Gasteiger partial charge in [0.2, 0.25) is 0 Å². The lowest BCUT2D eigenvalue weighted by atomic mass is 9.79. The lowest BCUT2D eigenvalue weighted by Crippen LogP contribution is -2.10. The molecule has 0 aliphatic heterocycles. The summed E-state index contributed by atoms with van der Waals surface area (Å²) in [5.74, 6) is -0.514. The highest BCUT2D eigenvalue weighted by atomic mass is 35.5. The van der Waals surface area contributed by atoms with Crippen LogP contribution in [0.4, 0.5) is 4.39 Å². The lowest BCUT2D eigenvalue weighted by molar-refractivity contribution is 0.626. The van der Waals surface area contributed by atoms with Crippen molar-refractivity contribution in [3.8, 4) is 17.2 Å². The van der Waals surface area contributed by atoms with Crippen molar-refractivity contribution in [2.75, 3.05) is 0 Å². The summed E-state index contributed by atoms with van der Waals surface area (Å²) in [4.78, 5) is 0. The third-order valence-corrected chi connectivity index (χ3v) is 3.56. The second-order valence-corrected chi connectivity index (χ2v) is 4.86. The van der Waals surface area contributed by atoms with Crippen LogP contribution in [0.2, 0.25) is 5.02 Å². The van der Waals surface area contributed by atoms with Gasteiger partial charge in [0, 0.05) is 5.02 Å². The first kappa shape index (κ1) is 11.3. The van der Waals surface area contributed by atoms with Crippen LogP contribution in [0, 0.1) is 17.1 Å². The van der Waals surface area contributed by atoms with Gasteiger partial charge in [0.25, 0.3) is 0 Å². The van der Waals surface area contributed by atoms with Gasteiger partial charge in [-0.1, -0.05) is 23.7 Å². The predicted octanol–water partition coefficient (Wildman–Crippen LogP) is 4.31. The molecule has 1 aliphatic rings. The van der Waals surface area contributed by atoms with E-state index in [-0.39, 0.29) is 11.7 Å². The Hall–Kier alpha value is -1.85. The van der Waals surface area contributed by atoms with E-state index in [1.165, 1.54) is 12.1 Å². The topological polar surface area (TPSA) is 23.8 Å². The minimum Gasteiger partial charge on any atom is -0.207 e. The van der Waals surface area contributed by atoms with Crippen LogP contribution in [0.5, 0.6) is 0 Å². The average molecular weight is 258 g/mol. The van der Waals surface area contributed by atoms with E-state index in [4.69, 9.17) is 11.6 Å². The molecule has 1 nitrogen and oxygen atoms in total. The van der Waals surface area contributed by atoms with Crippen molar-refractivity contribution in [3.63, 3.8) is 0 Å². The third kappa shape index (κ3) is 1.68. The molecule has 0 bridgehead atoms. The Morgan fingerprint density at radius 2 is 2.00 bits per heavy atom. The Labute approximate surface area is 109 Å². The highest BCUT2D eigenvalue weighted by molar-refractivity contribution is 6.30. The van der Waals surface area contributed by atoms with Crippen molar-refractivity contribution in [1.82, 2.24) is 0 Å². The summed E-state index contributed by atoms with van der Waals surface area (Å²) >= 11 is 5.97. The van der Waals surface area contributed by atoms with Gasteiger partial charge in [-0.2, -0.15) is 5.26 Å². The van der Waals surface area contributed by atoms with E-state index in [0.29, 0.717) is 11.4 Å². The zero-order valence-corrected chi connectivity index (χ0v) is 10.2. The van der Waals surface area contributed by atoms with Crippen LogP contribution in [0.1, 0.15) is 17.0 Å². The van der Waals surface area contributed by atoms with Crippen molar-refractivity contribution in [2.45, 2.75) is 12.3 Å². The van der Waals surface area contributed by atoms with Crippen LogP contribution >= 0.6 is 11.6 Å². The zero-order valence-electron chi connectivity index (χ0n) is 9.45. The summed E-state index contributed by atoms with van der Waals surface area (Å²) < 4.78 is 13.4. The smallest absolute Gasteiger partial charge is 0.123 e. The largest absolute Gasteiger partial charge is 0.207 e. The molecule has 88 valence electrons. The average Bonchev–Trinajstić information content (AvgIpc) is 2.37. The van der Waals surface area contributed by atoms with Gasteiger partial charge in [0.05, 0.1) is 12.0 Å². The number of nitriles is 1. The Morgan fingerprint density at radius 1 is 1.17 bits per heavy atom. The maximum absolute atomic E-state index is 13.4. The molecule has 0 amide bonds. The molecular weight excluding hydrogens is 249 g/mol. The first-order valence-electron chi connectivity index (χ1n) is 5.67. The van der Waals surface area contributed by atoms with Crippen LogP contribution in [0.15, 0.2) is 36.4 Å². The van der Waals surface area contributed by atoms with Gasteiger partial charge >= 0.3 is 0 Å². The maximum Gasteiger partial charge on any atom is 0.123 e. The van der Waals surface area contributed by atoms with E-state index < -0.39 is 0 Å². The summed E-state index contributed by atoms with van der Waals surface area (Å²) in [6.45, 7) is 0. The molecule has 2 aromatic carbocycles. The molecule has 0 aromatic heterocycles. The molecule has 0 radical (unpaired) electrons. The van der Waals surface area contributed by atoms with Gasteiger partial charge in [-0.15, -0.1) is 0 Å². The highest BCUT2D eigenvalue weighted by Gasteiger charge is 2.24. The van der Waals surface area contributed by atoms with Crippen molar-refractivity contribution in [3.05, 3.63) is 58.4 Å². The molecule has 0 N–H and O–H groups in total. The minimum atomic E-state index is -0.284. The second-order valence-electron chi connectivity index (χ2n) is 4.42. The zero-order chi connectivity index (χ0) is 12.7. The molecule has 0 saturated carbocycles. The minimum absolute atomic E-state index is 0.230. The number of halogens is 2. The Morgan fingerprint density at radius 3 is 2.78 bits per heavy atom. The molecule has 3 heteroatoms. The van der Waals surface area contributed by atoms with Crippen LogP contribution in [-0.4, -0.2) is 0 Å². The molecule has 3 rings (SSSR count). The second kappa shape index (κ2) is 4.12. The van der Waals surface area contributed by atoms with Crippen LogP contribution in [-0.2, 0) is 6.42 Å². The van der Waals surface area contributed by atoms with Crippen molar-refractivity contribution in [2.24, 2.45) is 0 Å². The number of nitrogens with zero attached hydrogens (tertiary/aromatic N) is 1. The highest BCUT2D eigenvalue weighted by Crippen LogP contribution is 2.40. The van der Waals surface area contributed by atoms with E-state index in [1.807, 2.05) is 12.1 Å². The molecule has 0 heterocycles. The quantitative estimate of drug-likeness (QED) is 0.690. The molecule has 2 aromatic rings. The standard InChI is InChI=1S/C15H9ClFN/c16-11-1-3-13-9(6-11)5-10(8-18)14-4-2-12(17)7-15(13)14/h1-4,6-7,10H,5H2. The van der Waals surface area contributed by atoms with Crippen LogP contribution in [0.3, 0.4) is 0 Å². The Kier molecular flexibility index (Phi) is 2.57.